The molecule has 3 nitrogen and oxygen atoms in total. The monoisotopic (exact) mass is 235 g/mol. The highest BCUT2D eigenvalue weighted by Crippen LogP contribution is 2.18. The van der Waals surface area contributed by atoms with Gasteiger partial charge in [0.25, 0.3) is 0 Å². The van der Waals surface area contributed by atoms with Crippen LogP contribution in [-0.4, -0.2) is 16.1 Å². The maximum absolute atomic E-state index is 13.2. The van der Waals surface area contributed by atoms with Crippen LogP contribution in [0, 0.1) is 5.82 Å². The van der Waals surface area contributed by atoms with E-state index in [1.54, 1.807) is 0 Å². The summed E-state index contributed by atoms with van der Waals surface area (Å²) in [6, 6.07) is 4.80. The van der Waals surface area contributed by atoms with E-state index in [1.165, 1.54) is 12.1 Å². The molecule has 2 aromatic rings. The molecule has 0 saturated carbocycles. The molecule has 0 bridgehead atoms. The zero-order valence-corrected chi connectivity index (χ0v) is 10.3. The molecule has 0 spiro atoms. The minimum Gasteiger partial charge on any atom is -0.327 e. The van der Waals surface area contributed by atoms with Crippen molar-refractivity contribution in [2.45, 2.75) is 33.4 Å². The van der Waals surface area contributed by atoms with E-state index >= 15 is 0 Å². The van der Waals surface area contributed by atoms with Crippen molar-refractivity contribution in [1.82, 2.24) is 14.9 Å². The Kier molecular flexibility index (Phi) is 3.74. The second-order valence-electron chi connectivity index (χ2n) is 4.09. The molecule has 92 valence electrons. The number of halogens is 1. The van der Waals surface area contributed by atoms with Gasteiger partial charge in [-0.1, -0.05) is 13.8 Å². The Bertz CT molecular complexity index is 505. The highest BCUT2D eigenvalue weighted by atomic mass is 19.1. The van der Waals surface area contributed by atoms with Gasteiger partial charge in [0.2, 0.25) is 0 Å². The number of nitrogens with zero attached hydrogens (tertiary/aromatic N) is 2. The van der Waals surface area contributed by atoms with Gasteiger partial charge >= 0.3 is 0 Å². The van der Waals surface area contributed by atoms with Gasteiger partial charge in [0.15, 0.2) is 0 Å². The Morgan fingerprint density at radius 1 is 1.35 bits per heavy atom. The fourth-order valence-corrected chi connectivity index (χ4v) is 2.00. The van der Waals surface area contributed by atoms with E-state index in [0.717, 1.165) is 42.9 Å². The first-order chi connectivity index (χ1) is 8.26. The molecule has 0 saturated heterocycles. The summed E-state index contributed by atoms with van der Waals surface area (Å²) in [6.45, 7) is 6.75. The third-order valence-corrected chi connectivity index (χ3v) is 2.77. The Hall–Kier alpha value is -1.42. The number of benzene rings is 1. The smallest absolute Gasteiger partial charge is 0.125 e. The highest BCUT2D eigenvalue weighted by Gasteiger charge is 2.09. The second-order valence-corrected chi connectivity index (χ2v) is 4.09. The van der Waals surface area contributed by atoms with E-state index in [1.807, 2.05) is 6.07 Å². The molecule has 1 aromatic carbocycles. The number of aromatic nitrogens is 2. The third-order valence-electron chi connectivity index (χ3n) is 2.77. The summed E-state index contributed by atoms with van der Waals surface area (Å²) in [5.74, 6) is 0.753. The lowest BCUT2D eigenvalue weighted by Crippen LogP contribution is -2.16. The first kappa shape index (κ1) is 12.0. The molecule has 0 amide bonds. The highest BCUT2D eigenvalue weighted by molar-refractivity contribution is 5.76. The van der Waals surface area contributed by atoms with Crippen LogP contribution in [0.15, 0.2) is 18.2 Å². The molecule has 1 heterocycles. The first-order valence-corrected chi connectivity index (χ1v) is 6.11. The summed E-state index contributed by atoms with van der Waals surface area (Å²) < 4.78 is 15.3. The number of imidazole rings is 1. The van der Waals surface area contributed by atoms with Crippen molar-refractivity contribution in [3.8, 4) is 0 Å². The van der Waals surface area contributed by atoms with Gasteiger partial charge in [0, 0.05) is 12.6 Å². The van der Waals surface area contributed by atoms with E-state index < -0.39 is 0 Å². The molecule has 17 heavy (non-hydrogen) atoms. The average Bonchev–Trinajstić information content (AvgIpc) is 2.64. The predicted molar refractivity (Wildman–Crippen MR) is 67.4 cm³/mol. The van der Waals surface area contributed by atoms with Gasteiger partial charge in [-0.3, -0.25) is 0 Å². The van der Waals surface area contributed by atoms with Gasteiger partial charge in [-0.15, -0.1) is 0 Å². The molecule has 0 atom stereocenters. The van der Waals surface area contributed by atoms with E-state index in [4.69, 9.17) is 0 Å². The SMILES string of the molecule is CCCn1c(CNCC)nc2cc(F)ccc21. The molecule has 0 unspecified atom stereocenters. The van der Waals surface area contributed by atoms with Gasteiger partial charge in [-0.2, -0.15) is 0 Å². The van der Waals surface area contributed by atoms with Gasteiger partial charge in [-0.25, -0.2) is 9.37 Å². The molecule has 0 aliphatic heterocycles. The zero-order valence-electron chi connectivity index (χ0n) is 10.3. The van der Waals surface area contributed by atoms with Gasteiger partial charge in [0.1, 0.15) is 11.6 Å². The predicted octanol–water partition coefficient (Wildman–Crippen LogP) is 2.69. The molecule has 0 fully saturated rings. The van der Waals surface area contributed by atoms with Gasteiger partial charge in [-0.05, 0) is 25.1 Å². The lowest BCUT2D eigenvalue weighted by Gasteiger charge is -2.07. The standard InChI is InChI=1S/C13H18FN3/c1-3-7-17-12-6-5-10(14)8-11(12)16-13(17)9-15-4-2/h5-6,8,15H,3-4,7,9H2,1-2H3. The quantitative estimate of drug-likeness (QED) is 0.863. The lowest BCUT2D eigenvalue weighted by atomic mass is 10.3. The van der Waals surface area contributed by atoms with Crippen LogP contribution in [0.1, 0.15) is 26.1 Å². The van der Waals surface area contributed by atoms with Crippen molar-refractivity contribution in [1.29, 1.82) is 0 Å². The van der Waals surface area contributed by atoms with Crippen LogP contribution in [0.25, 0.3) is 11.0 Å². The molecule has 0 radical (unpaired) electrons. The summed E-state index contributed by atoms with van der Waals surface area (Å²) in [7, 11) is 0. The van der Waals surface area contributed by atoms with Crippen LogP contribution in [0.2, 0.25) is 0 Å². The topological polar surface area (TPSA) is 29.9 Å². The van der Waals surface area contributed by atoms with Crippen LogP contribution >= 0.6 is 0 Å². The number of hydrogen-bond acceptors (Lipinski definition) is 2. The van der Waals surface area contributed by atoms with E-state index in [9.17, 15) is 4.39 Å². The summed E-state index contributed by atoms with van der Waals surface area (Å²) in [4.78, 5) is 4.49. The molecule has 1 aromatic heterocycles. The zero-order chi connectivity index (χ0) is 12.3. The summed E-state index contributed by atoms with van der Waals surface area (Å²) in [5, 5.41) is 3.26. The van der Waals surface area contributed by atoms with Crippen molar-refractivity contribution in [3.63, 3.8) is 0 Å². The Labute approximate surface area is 101 Å². The molecule has 0 aliphatic carbocycles. The van der Waals surface area contributed by atoms with Crippen molar-refractivity contribution in [2.75, 3.05) is 6.54 Å². The molecule has 2 rings (SSSR count). The van der Waals surface area contributed by atoms with E-state index in [2.05, 4.69) is 28.7 Å². The average molecular weight is 235 g/mol. The van der Waals surface area contributed by atoms with Crippen molar-refractivity contribution in [2.24, 2.45) is 0 Å². The van der Waals surface area contributed by atoms with Gasteiger partial charge in [0.05, 0.1) is 17.6 Å². The van der Waals surface area contributed by atoms with E-state index in [0.29, 0.717) is 0 Å². The summed E-state index contributed by atoms with van der Waals surface area (Å²) in [5.41, 5.74) is 1.76. The molecular weight excluding hydrogens is 217 g/mol. The summed E-state index contributed by atoms with van der Waals surface area (Å²) in [6.07, 6.45) is 1.04. The van der Waals surface area contributed by atoms with E-state index in [-0.39, 0.29) is 5.82 Å². The molecule has 0 aliphatic rings. The third kappa shape index (κ3) is 2.47. The summed E-state index contributed by atoms with van der Waals surface area (Å²) >= 11 is 0. The number of nitrogens with one attached hydrogen (secondary N) is 1. The minimum atomic E-state index is -0.228. The fourth-order valence-electron chi connectivity index (χ4n) is 2.00. The Morgan fingerprint density at radius 3 is 2.88 bits per heavy atom. The van der Waals surface area contributed by atoms with Crippen LogP contribution in [0.3, 0.4) is 0 Å². The maximum Gasteiger partial charge on any atom is 0.125 e. The Morgan fingerprint density at radius 2 is 2.18 bits per heavy atom. The minimum absolute atomic E-state index is 0.228. The number of fused-ring (bicyclic) bond motifs is 1. The van der Waals surface area contributed by atoms with Crippen LogP contribution < -0.4 is 5.32 Å². The van der Waals surface area contributed by atoms with Crippen molar-refractivity contribution in [3.05, 3.63) is 29.8 Å². The van der Waals surface area contributed by atoms with Gasteiger partial charge < -0.3 is 9.88 Å². The number of aryl methyl sites for hydroxylation is 1. The molecule has 1 N–H and O–H groups in total. The van der Waals surface area contributed by atoms with Crippen molar-refractivity contribution < 1.29 is 4.39 Å². The van der Waals surface area contributed by atoms with Crippen molar-refractivity contribution >= 4 is 11.0 Å². The second kappa shape index (κ2) is 5.27. The Balaban J connectivity index is 2.45. The maximum atomic E-state index is 13.2. The molecular formula is C13H18FN3. The number of rotatable bonds is 5. The largest absolute Gasteiger partial charge is 0.327 e. The first-order valence-electron chi connectivity index (χ1n) is 6.11. The lowest BCUT2D eigenvalue weighted by molar-refractivity contribution is 0.610. The fraction of sp³-hybridized carbons (Fsp3) is 0.462. The van der Waals surface area contributed by atoms with Crippen LogP contribution in [0.4, 0.5) is 4.39 Å². The normalized spacial score (nSPS) is 11.2. The van der Waals surface area contributed by atoms with Crippen LogP contribution in [-0.2, 0) is 13.1 Å². The number of hydrogen-bond donors (Lipinski definition) is 1. The molecule has 4 heteroatoms. The van der Waals surface area contributed by atoms with Crippen LogP contribution in [0.5, 0.6) is 0 Å².